The molecular weight excluding hydrogens is 176 g/mol. The van der Waals surface area contributed by atoms with E-state index < -0.39 is 0 Å². The van der Waals surface area contributed by atoms with E-state index in [1.165, 1.54) is 0 Å². The number of hydrogen-bond acceptors (Lipinski definition) is 3. The van der Waals surface area contributed by atoms with Crippen molar-refractivity contribution >= 4 is 0 Å². The quantitative estimate of drug-likeness (QED) is 0.723. The van der Waals surface area contributed by atoms with Crippen LogP contribution < -0.4 is 4.74 Å². The fraction of sp³-hybridized carbons (Fsp3) is 0.0909. The van der Waals surface area contributed by atoms with Gasteiger partial charge in [-0.05, 0) is 24.6 Å². The molecule has 2 aromatic rings. The van der Waals surface area contributed by atoms with E-state index in [2.05, 4.69) is 10.2 Å². The Kier molecular flexibility index (Phi) is 2.40. The van der Waals surface area contributed by atoms with E-state index >= 15 is 0 Å². The van der Waals surface area contributed by atoms with Crippen LogP contribution in [0.2, 0.25) is 0 Å². The Bertz CT molecular complexity index is 415. The highest BCUT2D eigenvalue weighted by atomic mass is 16.5. The van der Waals surface area contributed by atoms with E-state index in [0.717, 1.165) is 11.3 Å². The summed E-state index contributed by atoms with van der Waals surface area (Å²) < 4.78 is 5.49. The molecule has 0 N–H and O–H groups in total. The topological polar surface area (TPSA) is 35.0 Å². The minimum absolute atomic E-state index is 0.524. The van der Waals surface area contributed by atoms with Gasteiger partial charge in [0.2, 0.25) is 5.88 Å². The van der Waals surface area contributed by atoms with Gasteiger partial charge in [-0.2, -0.15) is 5.10 Å². The third kappa shape index (κ3) is 2.07. The summed E-state index contributed by atoms with van der Waals surface area (Å²) in [6.45, 7) is 1.95. The Hall–Kier alpha value is -1.90. The largest absolute Gasteiger partial charge is 0.438 e. The Labute approximate surface area is 82.4 Å². The average Bonchev–Trinajstić information content (AvgIpc) is 2.19. The minimum Gasteiger partial charge on any atom is -0.438 e. The lowest BCUT2D eigenvalue weighted by molar-refractivity contribution is 0.454. The van der Waals surface area contributed by atoms with Gasteiger partial charge in [-0.3, -0.25) is 0 Å². The van der Waals surface area contributed by atoms with Crippen LogP contribution in [0.25, 0.3) is 0 Å². The van der Waals surface area contributed by atoms with Gasteiger partial charge in [0.15, 0.2) is 0 Å². The average molecular weight is 186 g/mol. The van der Waals surface area contributed by atoms with Crippen LogP contribution in [0.15, 0.2) is 42.6 Å². The van der Waals surface area contributed by atoms with E-state index in [9.17, 15) is 0 Å². The van der Waals surface area contributed by atoms with Crippen LogP contribution in [0.3, 0.4) is 0 Å². The third-order valence-electron chi connectivity index (χ3n) is 1.73. The molecule has 3 nitrogen and oxygen atoms in total. The first kappa shape index (κ1) is 8.69. The molecule has 1 heterocycles. The Balaban J connectivity index is 2.19. The Morgan fingerprint density at radius 3 is 2.64 bits per heavy atom. The second-order valence-corrected chi connectivity index (χ2v) is 2.99. The highest BCUT2D eigenvalue weighted by Crippen LogP contribution is 2.17. The lowest BCUT2D eigenvalue weighted by Gasteiger charge is -2.03. The van der Waals surface area contributed by atoms with Gasteiger partial charge in [0.1, 0.15) is 5.75 Å². The summed E-state index contributed by atoms with van der Waals surface area (Å²) in [5.74, 6) is 1.30. The maximum atomic E-state index is 5.49. The number of para-hydroxylation sites is 1. The van der Waals surface area contributed by atoms with Crippen LogP contribution in [0, 0.1) is 6.92 Å². The molecule has 0 radical (unpaired) electrons. The number of rotatable bonds is 2. The molecule has 1 aromatic carbocycles. The molecule has 14 heavy (non-hydrogen) atoms. The second kappa shape index (κ2) is 3.87. The molecule has 0 unspecified atom stereocenters. The highest BCUT2D eigenvalue weighted by Gasteiger charge is 1.97. The van der Waals surface area contributed by atoms with Crippen molar-refractivity contribution in [3.05, 3.63) is 48.2 Å². The van der Waals surface area contributed by atoms with Crippen molar-refractivity contribution in [2.75, 3.05) is 0 Å². The molecule has 0 saturated carbocycles. The van der Waals surface area contributed by atoms with Crippen molar-refractivity contribution in [3.63, 3.8) is 0 Å². The number of aromatic nitrogens is 2. The normalized spacial score (nSPS) is 9.79. The molecule has 0 bridgehead atoms. The number of ether oxygens (including phenoxy) is 1. The lowest BCUT2D eigenvalue weighted by Crippen LogP contribution is -1.90. The maximum Gasteiger partial charge on any atom is 0.239 e. The van der Waals surface area contributed by atoms with Gasteiger partial charge < -0.3 is 4.74 Å². The predicted octanol–water partition coefficient (Wildman–Crippen LogP) is 2.58. The molecule has 70 valence electrons. The molecule has 0 amide bonds. The van der Waals surface area contributed by atoms with Crippen molar-refractivity contribution in [1.82, 2.24) is 10.2 Å². The van der Waals surface area contributed by atoms with E-state index in [4.69, 9.17) is 4.74 Å². The van der Waals surface area contributed by atoms with Crippen LogP contribution in [0.4, 0.5) is 0 Å². The molecule has 0 aliphatic heterocycles. The van der Waals surface area contributed by atoms with Gasteiger partial charge >= 0.3 is 0 Å². The smallest absolute Gasteiger partial charge is 0.239 e. The van der Waals surface area contributed by atoms with Crippen LogP contribution in [0.5, 0.6) is 11.6 Å². The summed E-state index contributed by atoms with van der Waals surface area (Å²) in [5, 5.41) is 7.67. The van der Waals surface area contributed by atoms with Gasteiger partial charge in [0.05, 0.1) is 6.20 Å². The van der Waals surface area contributed by atoms with Crippen LogP contribution >= 0.6 is 0 Å². The standard InChI is InChI=1S/C11H10N2O/c1-9-7-11(13-12-8-9)14-10-5-3-2-4-6-10/h2-8H,1H3. The number of benzene rings is 1. The molecular formula is C11H10N2O. The summed E-state index contributed by atoms with van der Waals surface area (Å²) in [6, 6.07) is 11.4. The molecule has 0 saturated heterocycles. The third-order valence-corrected chi connectivity index (χ3v) is 1.73. The Morgan fingerprint density at radius 2 is 1.93 bits per heavy atom. The number of nitrogens with zero attached hydrogens (tertiary/aromatic N) is 2. The van der Waals surface area contributed by atoms with Crippen LogP contribution in [0.1, 0.15) is 5.56 Å². The van der Waals surface area contributed by atoms with Crippen molar-refractivity contribution in [2.45, 2.75) is 6.92 Å². The molecule has 0 fully saturated rings. The molecule has 0 aliphatic carbocycles. The van der Waals surface area contributed by atoms with Crippen molar-refractivity contribution in [2.24, 2.45) is 0 Å². The first-order chi connectivity index (χ1) is 6.84. The highest BCUT2D eigenvalue weighted by molar-refractivity contribution is 5.26. The van der Waals surface area contributed by atoms with E-state index in [-0.39, 0.29) is 0 Å². The van der Waals surface area contributed by atoms with Gasteiger partial charge in [-0.25, -0.2) is 0 Å². The number of hydrogen-bond donors (Lipinski definition) is 0. The minimum atomic E-state index is 0.524. The zero-order valence-corrected chi connectivity index (χ0v) is 7.84. The molecule has 0 spiro atoms. The van der Waals surface area contributed by atoms with E-state index in [1.54, 1.807) is 6.20 Å². The first-order valence-corrected chi connectivity index (χ1v) is 4.37. The monoisotopic (exact) mass is 186 g/mol. The SMILES string of the molecule is Cc1cnnc(Oc2ccccc2)c1. The van der Waals surface area contributed by atoms with Crippen molar-refractivity contribution < 1.29 is 4.74 Å². The Morgan fingerprint density at radius 1 is 1.14 bits per heavy atom. The van der Waals surface area contributed by atoms with Crippen LogP contribution in [-0.4, -0.2) is 10.2 Å². The zero-order chi connectivity index (χ0) is 9.80. The van der Waals surface area contributed by atoms with Gasteiger partial charge in [-0.1, -0.05) is 18.2 Å². The molecule has 2 rings (SSSR count). The summed E-state index contributed by atoms with van der Waals surface area (Å²) >= 11 is 0. The zero-order valence-electron chi connectivity index (χ0n) is 7.84. The summed E-state index contributed by atoms with van der Waals surface area (Å²) in [7, 11) is 0. The molecule has 3 heteroatoms. The predicted molar refractivity (Wildman–Crippen MR) is 53.3 cm³/mol. The second-order valence-electron chi connectivity index (χ2n) is 2.99. The van der Waals surface area contributed by atoms with E-state index in [1.807, 2.05) is 43.3 Å². The molecule has 0 aliphatic rings. The first-order valence-electron chi connectivity index (χ1n) is 4.37. The fourth-order valence-corrected chi connectivity index (χ4v) is 1.10. The summed E-state index contributed by atoms with van der Waals surface area (Å²) in [6.07, 6.45) is 1.69. The van der Waals surface area contributed by atoms with Gasteiger partial charge in [0, 0.05) is 6.07 Å². The van der Waals surface area contributed by atoms with Crippen LogP contribution in [-0.2, 0) is 0 Å². The molecule has 1 aromatic heterocycles. The van der Waals surface area contributed by atoms with Gasteiger partial charge in [0.25, 0.3) is 0 Å². The maximum absolute atomic E-state index is 5.49. The van der Waals surface area contributed by atoms with Crippen molar-refractivity contribution in [3.8, 4) is 11.6 Å². The lowest BCUT2D eigenvalue weighted by atomic mass is 10.3. The summed E-state index contributed by atoms with van der Waals surface area (Å²) in [5.41, 5.74) is 1.03. The fourth-order valence-electron chi connectivity index (χ4n) is 1.10. The summed E-state index contributed by atoms with van der Waals surface area (Å²) in [4.78, 5) is 0. The number of aryl methyl sites for hydroxylation is 1. The van der Waals surface area contributed by atoms with E-state index in [0.29, 0.717) is 5.88 Å². The molecule has 0 atom stereocenters. The van der Waals surface area contributed by atoms with Crippen molar-refractivity contribution in [1.29, 1.82) is 0 Å². The van der Waals surface area contributed by atoms with Gasteiger partial charge in [-0.15, -0.1) is 5.10 Å².